The van der Waals surface area contributed by atoms with Crippen molar-refractivity contribution in [3.8, 4) is 0 Å². The van der Waals surface area contributed by atoms with Gasteiger partial charge in [0.25, 0.3) is 0 Å². The molecular weight excluding hydrogens is 426 g/mol. The first kappa shape index (κ1) is 23.4. The number of ketones is 1. The molecule has 1 N–H and O–H groups in total. The topological polar surface area (TPSA) is 69.7 Å². The Morgan fingerprint density at radius 3 is 2.26 bits per heavy atom. The molecule has 0 bridgehead atoms. The summed E-state index contributed by atoms with van der Waals surface area (Å²) in [6.07, 6.45) is 1.09. The van der Waals surface area contributed by atoms with Crippen molar-refractivity contribution < 1.29 is 14.4 Å². The van der Waals surface area contributed by atoms with Crippen molar-refractivity contribution in [3.63, 3.8) is 0 Å². The van der Waals surface area contributed by atoms with Crippen molar-refractivity contribution in [2.75, 3.05) is 31.6 Å². The van der Waals surface area contributed by atoms with Gasteiger partial charge >= 0.3 is 0 Å². The van der Waals surface area contributed by atoms with Gasteiger partial charge in [-0.2, -0.15) is 0 Å². The number of amides is 2. The number of likely N-dealkylation sites (N-methyl/N-ethyl adjacent to an activating group) is 1. The Kier molecular flexibility index (Phi) is 7.50. The minimum Gasteiger partial charge on any atom is -0.321 e. The third-order valence-electron chi connectivity index (χ3n) is 6.15. The Balaban J connectivity index is 1.47. The van der Waals surface area contributed by atoms with Crippen LogP contribution in [0.5, 0.6) is 0 Å². The number of carbonyl (C=O) groups excluding carboxylic acids is 3. The zero-order chi connectivity index (χ0) is 23.9. The maximum Gasteiger partial charge on any atom is 0.246 e. The van der Waals surface area contributed by atoms with Gasteiger partial charge in [0.05, 0.1) is 19.1 Å². The molecule has 1 heterocycles. The standard InChI is InChI=1S/C28H29N3O3/c1-30-25-15-9-8-14-24(25)28(22-12-6-3-7-13-22)31(20-27(30)34)26(33)19-29-18-23(32)17-16-21-10-4-2-5-11-21/h2-15,28-29H,16-20H2,1H3. The number of anilines is 1. The van der Waals surface area contributed by atoms with Gasteiger partial charge in [-0.05, 0) is 23.6 Å². The van der Waals surface area contributed by atoms with Crippen LogP contribution >= 0.6 is 0 Å². The molecule has 1 aliphatic rings. The van der Waals surface area contributed by atoms with E-state index in [-0.39, 0.29) is 37.2 Å². The van der Waals surface area contributed by atoms with Crippen LogP contribution in [0.4, 0.5) is 5.69 Å². The molecule has 4 rings (SSSR count). The average Bonchev–Trinajstić information content (AvgIpc) is 2.98. The summed E-state index contributed by atoms with van der Waals surface area (Å²) >= 11 is 0. The van der Waals surface area contributed by atoms with Crippen molar-refractivity contribution in [1.82, 2.24) is 10.2 Å². The Hall–Kier alpha value is -3.77. The zero-order valence-electron chi connectivity index (χ0n) is 19.3. The fraction of sp³-hybridized carbons (Fsp3) is 0.250. The Labute approximate surface area is 200 Å². The van der Waals surface area contributed by atoms with Gasteiger partial charge < -0.3 is 15.1 Å². The maximum atomic E-state index is 13.3. The second kappa shape index (κ2) is 10.9. The van der Waals surface area contributed by atoms with Crippen molar-refractivity contribution in [2.24, 2.45) is 0 Å². The molecule has 6 nitrogen and oxygen atoms in total. The fourth-order valence-corrected chi connectivity index (χ4v) is 4.32. The van der Waals surface area contributed by atoms with Crippen LogP contribution in [0.3, 0.4) is 0 Å². The number of benzene rings is 3. The van der Waals surface area contributed by atoms with Gasteiger partial charge in [0.15, 0.2) is 0 Å². The number of hydrogen-bond donors (Lipinski definition) is 1. The van der Waals surface area contributed by atoms with Gasteiger partial charge in [0.2, 0.25) is 11.8 Å². The second-order valence-electron chi connectivity index (χ2n) is 8.47. The highest BCUT2D eigenvalue weighted by Crippen LogP contribution is 2.37. The van der Waals surface area contributed by atoms with Gasteiger partial charge in [-0.15, -0.1) is 0 Å². The van der Waals surface area contributed by atoms with Gasteiger partial charge in [0.1, 0.15) is 12.3 Å². The van der Waals surface area contributed by atoms with E-state index in [0.29, 0.717) is 12.8 Å². The molecular formula is C28H29N3O3. The van der Waals surface area contributed by atoms with E-state index >= 15 is 0 Å². The Morgan fingerprint density at radius 2 is 1.53 bits per heavy atom. The number of nitrogens with zero attached hydrogens (tertiary/aromatic N) is 2. The van der Waals surface area contributed by atoms with Crippen molar-refractivity contribution in [1.29, 1.82) is 0 Å². The molecule has 0 spiro atoms. The molecule has 0 aliphatic carbocycles. The van der Waals surface area contributed by atoms with Crippen LogP contribution in [0.2, 0.25) is 0 Å². The van der Waals surface area contributed by atoms with Crippen LogP contribution in [0, 0.1) is 0 Å². The second-order valence-corrected chi connectivity index (χ2v) is 8.47. The molecule has 3 aromatic carbocycles. The van der Waals surface area contributed by atoms with E-state index in [2.05, 4.69) is 5.32 Å². The number of hydrogen-bond acceptors (Lipinski definition) is 4. The molecule has 174 valence electrons. The lowest BCUT2D eigenvalue weighted by atomic mass is 9.95. The lowest BCUT2D eigenvalue weighted by molar-refractivity contribution is -0.135. The smallest absolute Gasteiger partial charge is 0.246 e. The predicted molar refractivity (Wildman–Crippen MR) is 132 cm³/mol. The number of para-hydroxylation sites is 1. The molecule has 1 unspecified atom stereocenters. The Bertz CT molecular complexity index is 1150. The van der Waals surface area contributed by atoms with Gasteiger partial charge in [0, 0.05) is 24.7 Å². The molecule has 0 saturated heterocycles. The number of aryl methyl sites for hydroxylation is 1. The first-order valence-corrected chi connectivity index (χ1v) is 11.5. The van der Waals surface area contributed by atoms with E-state index < -0.39 is 6.04 Å². The molecule has 0 radical (unpaired) electrons. The van der Waals surface area contributed by atoms with Crippen LogP contribution in [0.1, 0.15) is 29.2 Å². The van der Waals surface area contributed by atoms with E-state index in [1.165, 1.54) is 0 Å². The van der Waals surface area contributed by atoms with Gasteiger partial charge in [-0.1, -0.05) is 78.9 Å². The minimum absolute atomic E-state index is 0.0143. The molecule has 34 heavy (non-hydrogen) atoms. The molecule has 3 aromatic rings. The summed E-state index contributed by atoms with van der Waals surface area (Å²) in [5.41, 5.74) is 3.74. The summed E-state index contributed by atoms with van der Waals surface area (Å²) in [6.45, 7) is 0.0691. The monoisotopic (exact) mass is 455 g/mol. The lowest BCUT2D eigenvalue weighted by Gasteiger charge is -2.30. The summed E-state index contributed by atoms with van der Waals surface area (Å²) in [7, 11) is 1.74. The summed E-state index contributed by atoms with van der Waals surface area (Å²) in [5.74, 6) is -0.324. The number of Topliss-reactive ketones (excluding diaryl/α,β-unsaturated/α-hetero) is 1. The van der Waals surface area contributed by atoms with E-state index in [9.17, 15) is 14.4 Å². The van der Waals surface area contributed by atoms with Crippen LogP contribution < -0.4 is 10.2 Å². The summed E-state index contributed by atoms with van der Waals surface area (Å²) < 4.78 is 0. The maximum absolute atomic E-state index is 13.3. The van der Waals surface area contributed by atoms with Crippen molar-refractivity contribution >= 4 is 23.3 Å². The largest absolute Gasteiger partial charge is 0.321 e. The van der Waals surface area contributed by atoms with Crippen LogP contribution in [-0.4, -0.2) is 49.2 Å². The highest BCUT2D eigenvalue weighted by molar-refractivity contribution is 5.99. The SMILES string of the molecule is CN1C(=O)CN(C(=O)CNCC(=O)CCc2ccccc2)C(c2ccccc2)c2ccccc21. The zero-order valence-corrected chi connectivity index (χ0v) is 19.3. The highest BCUT2D eigenvalue weighted by Gasteiger charge is 2.35. The van der Waals surface area contributed by atoms with E-state index in [4.69, 9.17) is 0 Å². The van der Waals surface area contributed by atoms with Gasteiger partial charge in [-0.3, -0.25) is 14.4 Å². The summed E-state index contributed by atoms with van der Waals surface area (Å²) in [5, 5.41) is 3.00. The van der Waals surface area contributed by atoms with E-state index in [0.717, 1.165) is 22.4 Å². The number of fused-ring (bicyclic) bond motifs is 1. The normalized spacial score (nSPS) is 15.6. The first-order valence-electron chi connectivity index (χ1n) is 11.5. The molecule has 1 atom stereocenters. The molecule has 0 fully saturated rings. The molecule has 1 aliphatic heterocycles. The highest BCUT2D eigenvalue weighted by atomic mass is 16.2. The fourth-order valence-electron chi connectivity index (χ4n) is 4.32. The summed E-state index contributed by atoms with van der Waals surface area (Å²) in [6, 6.07) is 26.9. The molecule has 2 amide bonds. The minimum atomic E-state index is -0.394. The number of rotatable bonds is 8. The third kappa shape index (κ3) is 5.41. The van der Waals surface area contributed by atoms with Crippen molar-refractivity contribution in [2.45, 2.75) is 18.9 Å². The van der Waals surface area contributed by atoms with Crippen molar-refractivity contribution in [3.05, 3.63) is 102 Å². The predicted octanol–water partition coefficient (Wildman–Crippen LogP) is 3.37. The molecule has 0 aromatic heterocycles. The molecule has 6 heteroatoms. The lowest BCUT2D eigenvalue weighted by Crippen LogP contribution is -2.45. The van der Waals surface area contributed by atoms with Crippen LogP contribution in [0.25, 0.3) is 0 Å². The van der Waals surface area contributed by atoms with Crippen LogP contribution in [0.15, 0.2) is 84.9 Å². The summed E-state index contributed by atoms with van der Waals surface area (Å²) in [4.78, 5) is 41.8. The number of nitrogens with one attached hydrogen (secondary N) is 1. The van der Waals surface area contributed by atoms with Crippen LogP contribution in [-0.2, 0) is 20.8 Å². The van der Waals surface area contributed by atoms with Gasteiger partial charge in [-0.25, -0.2) is 0 Å². The quantitative estimate of drug-likeness (QED) is 0.566. The number of carbonyl (C=O) groups is 3. The first-order chi connectivity index (χ1) is 16.5. The van der Waals surface area contributed by atoms with E-state index in [1.807, 2.05) is 84.9 Å². The molecule has 0 saturated carbocycles. The third-order valence-corrected chi connectivity index (χ3v) is 6.15. The average molecular weight is 456 g/mol. The van der Waals surface area contributed by atoms with E-state index in [1.54, 1.807) is 16.8 Å². The Morgan fingerprint density at radius 1 is 0.882 bits per heavy atom.